The maximum atomic E-state index is 5.46. The molecule has 1 aliphatic heterocycles. The topological polar surface area (TPSA) is 32.5 Å². The molecule has 2 N–H and O–H groups in total. The molecule has 0 aromatic carbocycles. The molecule has 0 spiro atoms. The molecule has 0 amide bonds. The summed E-state index contributed by atoms with van der Waals surface area (Å²) in [5, 5.41) is 4.70. The summed E-state index contributed by atoms with van der Waals surface area (Å²) in [5.41, 5.74) is 5.46. The van der Waals surface area contributed by atoms with E-state index in [2.05, 4.69) is 29.2 Å². The van der Waals surface area contributed by atoms with Gasteiger partial charge in [0.2, 0.25) is 0 Å². The highest BCUT2D eigenvalue weighted by atomic mass is 15.6. The van der Waals surface area contributed by atoms with Gasteiger partial charge in [-0.25, -0.2) is 5.01 Å². The summed E-state index contributed by atoms with van der Waals surface area (Å²) < 4.78 is 0. The molecule has 0 atom stereocenters. The van der Waals surface area contributed by atoms with Crippen LogP contribution in [0, 0.1) is 0 Å². The zero-order chi connectivity index (χ0) is 9.52. The standard InChI is InChI=1S/C10H21N3/c1-2-7-12-9-5-10-13(12)8-4-3-6-11/h5,10H,2-4,6-9,11H2,1H3. The van der Waals surface area contributed by atoms with Crippen LogP contribution < -0.4 is 5.73 Å². The quantitative estimate of drug-likeness (QED) is 0.628. The Morgan fingerprint density at radius 2 is 2.15 bits per heavy atom. The van der Waals surface area contributed by atoms with Crippen molar-refractivity contribution in [2.75, 3.05) is 26.2 Å². The Morgan fingerprint density at radius 1 is 1.31 bits per heavy atom. The first-order valence-corrected chi connectivity index (χ1v) is 5.26. The fourth-order valence-electron chi connectivity index (χ4n) is 1.60. The molecule has 0 radical (unpaired) electrons. The van der Waals surface area contributed by atoms with Crippen LogP contribution in [0.3, 0.4) is 0 Å². The average Bonchev–Trinajstić information content (AvgIpc) is 2.54. The van der Waals surface area contributed by atoms with E-state index in [0.29, 0.717) is 0 Å². The van der Waals surface area contributed by atoms with Crippen molar-refractivity contribution < 1.29 is 0 Å². The Morgan fingerprint density at radius 3 is 2.85 bits per heavy atom. The van der Waals surface area contributed by atoms with Gasteiger partial charge in [-0.3, -0.25) is 0 Å². The van der Waals surface area contributed by atoms with Gasteiger partial charge in [0, 0.05) is 25.8 Å². The molecule has 0 aromatic rings. The largest absolute Gasteiger partial charge is 0.330 e. The molecule has 1 aliphatic rings. The molecule has 0 fully saturated rings. The number of hydrazine groups is 1. The maximum Gasteiger partial charge on any atom is 0.0379 e. The van der Waals surface area contributed by atoms with Gasteiger partial charge in [-0.05, 0) is 25.8 Å². The van der Waals surface area contributed by atoms with Crippen molar-refractivity contribution in [2.24, 2.45) is 5.73 Å². The van der Waals surface area contributed by atoms with E-state index in [1.54, 1.807) is 0 Å². The van der Waals surface area contributed by atoms with Gasteiger partial charge in [-0.15, -0.1) is 0 Å². The summed E-state index contributed by atoms with van der Waals surface area (Å²) in [6, 6.07) is 0. The lowest BCUT2D eigenvalue weighted by Gasteiger charge is -2.28. The minimum atomic E-state index is 0.811. The van der Waals surface area contributed by atoms with Crippen LogP contribution in [0.1, 0.15) is 26.2 Å². The first-order chi connectivity index (χ1) is 6.38. The molecule has 0 aromatic heterocycles. The summed E-state index contributed by atoms with van der Waals surface area (Å²) in [5.74, 6) is 0. The second-order valence-electron chi connectivity index (χ2n) is 3.46. The summed E-state index contributed by atoms with van der Waals surface area (Å²) in [4.78, 5) is 0. The van der Waals surface area contributed by atoms with E-state index < -0.39 is 0 Å². The van der Waals surface area contributed by atoms with E-state index >= 15 is 0 Å². The van der Waals surface area contributed by atoms with Gasteiger partial charge >= 0.3 is 0 Å². The lowest BCUT2D eigenvalue weighted by Crippen LogP contribution is -2.36. The number of nitrogens with zero attached hydrogens (tertiary/aromatic N) is 2. The zero-order valence-corrected chi connectivity index (χ0v) is 8.58. The molecule has 76 valence electrons. The summed E-state index contributed by atoms with van der Waals surface area (Å²) in [6.45, 7) is 6.39. The number of unbranched alkanes of at least 4 members (excludes halogenated alkanes) is 1. The van der Waals surface area contributed by atoms with Crippen LogP contribution in [-0.4, -0.2) is 36.2 Å². The van der Waals surface area contributed by atoms with Crippen molar-refractivity contribution in [3.63, 3.8) is 0 Å². The monoisotopic (exact) mass is 183 g/mol. The molecule has 0 saturated carbocycles. The van der Waals surface area contributed by atoms with Gasteiger partial charge in [0.15, 0.2) is 0 Å². The number of hydrogen-bond donors (Lipinski definition) is 1. The number of nitrogens with two attached hydrogens (primary N) is 1. The summed E-state index contributed by atoms with van der Waals surface area (Å²) >= 11 is 0. The molecule has 0 aliphatic carbocycles. The lowest BCUT2D eigenvalue weighted by atomic mass is 10.3. The van der Waals surface area contributed by atoms with E-state index in [1.165, 1.54) is 12.8 Å². The second-order valence-corrected chi connectivity index (χ2v) is 3.46. The van der Waals surface area contributed by atoms with E-state index in [4.69, 9.17) is 5.73 Å². The third-order valence-electron chi connectivity index (χ3n) is 2.28. The van der Waals surface area contributed by atoms with Crippen LogP contribution in [0.5, 0.6) is 0 Å². The lowest BCUT2D eigenvalue weighted by molar-refractivity contribution is 0.0507. The fraction of sp³-hybridized carbons (Fsp3) is 0.800. The minimum absolute atomic E-state index is 0.811. The van der Waals surface area contributed by atoms with Crippen LogP contribution in [-0.2, 0) is 0 Å². The van der Waals surface area contributed by atoms with E-state index in [-0.39, 0.29) is 0 Å². The molecule has 0 unspecified atom stereocenters. The van der Waals surface area contributed by atoms with Crippen LogP contribution in [0.2, 0.25) is 0 Å². The van der Waals surface area contributed by atoms with Crippen molar-refractivity contribution in [1.29, 1.82) is 0 Å². The number of hydrogen-bond acceptors (Lipinski definition) is 3. The van der Waals surface area contributed by atoms with Crippen LogP contribution >= 0.6 is 0 Å². The molecule has 3 nitrogen and oxygen atoms in total. The highest BCUT2D eigenvalue weighted by molar-refractivity contribution is 4.91. The average molecular weight is 183 g/mol. The van der Waals surface area contributed by atoms with Gasteiger partial charge in [0.25, 0.3) is 0 Å². The third-order valence-corrected chi connectivity index (χ3v) is 2.28. The smallest absolute Gasteiger partial charge is 0.0379 e. The number of rotatable bonds is 6. The van der Waals surface area contributed by atoms with E-state index in [1.807, 2.05) is 0 Å². The summed E-state index contributed by atoms with van der Waals surface area (Å²) in [6.07, 6.45) is 7.95. The van der Waals surface area contributed by atoms with Crippen molar-refractivity contribution in [1.82, 2.24) is 10.0 Å². The third kappa shape index (κ3) is 3.36. The van der Waals surface area contributed by atoms with Gasteiger partial charge in [0.1, 0.15) is 0 Å². The Balaban J connectivity index is 2.18. The highest BCUT2D eigenvalue weighted by Gasteiger charge is 2.13. The van der Waals surface area contributed by atoms with Crippen molar-refractivity contribution >= 4 is 0 Å². The Labute approximate surface area is 81.2 Å². The van der Waals surface area contributed by atoms with Crippen LogP contribution in [0.4, 0.5) is 0 Å². The Bertz CT molecular complexity index is 156. The molecule has 1 heterocycles. The molecular formula is C10H21N3. The summed E-state index contributed by atoms with van der Waals surface area (Å²) in [7, 11) is 0. The molecule has 13 heavy (non-hydrogen) atoms. The van der Waals surface area contributed by atoms with Gasteiger partial charge in [-0.1, -0.05) is 13.0 Å². The first kappa shape index (κ1) is 10.5. The van der Waals surface area contributed by atoms with Gasteiger partial charge < -0.3 is 10.7 Å². The van der Waals surface area contributed by atoms with Crippen molar-refractivity contribution in [3.05, 3.63) is 12.3 Å². The van der Waals surface area contributed by atoms with E-state index in [0.717, 1.165) is 32.6 Å². The second kappa shape index (κ2) is 6.00. The Kier molecular flexibility index (Phi) is 4.86. The van der Waals surface area contributed by atoms with E-state index in [9.17, 15) is 0 Å². The maximum absolute atomic E-state index is 5.46. The van der Waals surface area contributed by atoms with Crippen molar-refractivity contribution in [2.45, 2.75) is 26.2 Å². The first-order valence-electron chi connectivity index (χ1n) is 5.26. The van der Waals surface area contributed by atoms with Crippen LogP contribution in [0.15, 0.2) is 12.3 Å². The Hall–Kier alpha value is -0.540. The molecule has 1 rings (SSSR count). The predicted octanol–water partition coefficient (Wildman–Crippen LogP) is 1.18. The van der Waals surface area contributed by atoms with Gasteiger partial charge in [-0.2, -0.15) is 0 Å². The highest BCUT2D eigenvalue weighted by Crippen LogP contribution is 2.09. The fourth-order valence-corrected chi connectivity index (χ4v) is 1.60. The minimum Gasteiger partial charge on any atom is -0.330 e. The molecule has 3 heteroatoms. The molecule has 0 saturated heterocycles. The molecule has 0 bridgehead atoms. The SMILES string of the molecule is CCCN1CC=CN1CCCCN. The van der Waals surface area contributed by atoms with Crippen molar-refractivity contribution in [3.8, 4) is 0 Å². The normalized spacial score (nSPS) is 17.2. The molecular weight excluding hydrogens is 162 g/mol. The predicted molar refractivity (Wildman–Crippen MR) is 56.0 cm³/mol. The zero-order valence-electron chi connectivity index (χ0n) is 8.58. The van der Waals surface area contributed by atoms with Gasteiger partial charge in [0.05, 0.1) is 0 Å². The van der Waals surface area contributed by atoms with Crippen LogP contribution in [0.25, 0.3) is 0 Å².